The lowest BCUT2D eigenvalue weighted by Gasteiger charge is -2.05. The molecule has 104 valence electrons. The SMILES string of the molecule is O=[N+]([O-])c1ccc(OCCCSc2ccccn2)cc1. The van der Waals surface area contributed by atoms with Gasteiger partial charge in [0.1, 0.15) is 5.75 Å². The number of pyridine rings is 1. The van der Waals surface area contributed by atoms with Crippen molar-refractivity contribution in [1.29, 1.82) is 0 Å². The summed E-state index contributed by atoms with van der Waals surface area (Å²) in [5, 5.41) is 11.5. The number of rotatable bonds is 7. The average Bonchev–Trinajstić information content (AvgIpc) is 2.48. The van der Waals surface area contributed by atoms with Crippen LogP contribution in [0.2, 0.25) is 0 Å². The molecule has 0 saturated heterocycles. The van der Waals surface area contributed by atoms with Gasteiger partial charge in [0.15, 0.2) is 0 Å². The van der Waals surface area contributed by atoms with Crippen LogP contribution in [0.1, 0.15) is 6.42 Å². The molecule has 0 spiro atoms. The fourth-order valence-corrected chi connectivity index (χ4v) is 2.30. The Morgan fingerprint density at radius 3 is 2.65 bits per heavy atom. The first-order chi connectivity index (χ1) is 9.75. The number of hydrogen-bond acceptors (Lipinski definition) is 5. The number of aromatic nitrogens is 1. The molecule has 0 bridgehead atoms. The molecule has 0 amide bonds. The van der Waals surface area contributed by atoms with Crippen molar-refractivity contribution in [2.75, 3.05) is 12.4 Å². The fraction of sp³-hybridized carbons (Fsp3) is 0.214. The van der Waals surface area contributed by atoms with Crippen molar-refractivity contribution < 1.29 is 9.66 Å². The molecular weight excluding hydrogens is 276 g/mol. The van der Waals surface area contributed by atoms with E-state index in [1.807, 2.05) is 18.2 Å². The molecule has 0 atom stereocenters. The summed E-state index contributed by atoms with van der Waals surface area (Å²) in [6.07, 6.45) is 2.66. The van der Waals surface area contributed by atoms with Crippen LogP contribution < -0.4 is 4.74 Å². The number of benzene rings is 1. The van der Waals surface area contributed by atoms with Crippen LogP contribution >= 0.6 is 11.8 Å². The minimum Gasteiger partial charge on any atom is -0.494 e. The average molecular weight is 290 g/mol. The second-order valence-corrected chi connectivity index (χ2v) is 5.08. The molecule has 20 heavy (non-hydrogen) atoms. The largest absolute Gasteiger partial charge is 0.494 e. The molecule has 2 rings (SSSR count). The predicted octanol–water partition coefficient (Wildman–Crippen LogP) is 3.55. The molecule has 2 aromatic rings. The van der Waals surface area contributed by atoms with Gasteiger partial charge in [-0.05, 0) is 30.7 Å². The van der Waals surface area contributed by atoms with Gasteiger partial charge in [0.25, 0.3) is 5.69 Å². The third-order valence-corrected chi connectivity index (χ3v) is 3.52. The summed E-state index contributed by atoms with van der Waals surface area (Å²) in [7, 11) is 0. The minimum atomic E-state index is -0.423. The van der Waals surface area contributed by atoms with Gasteiger partial charge < -0.3 is 4.74 Å². The molecule has 5 nitrogen and oxygen atoms in total. The summed E-state index contributed by atoms with van der Waals surface area (Å²) in [4.78, 5) is 14.3. The van der Waals surface area contributed by atoms with Gasteiger partial charge in [-0.15, -0.1) is 11.8 Å². The Balaban J connectivity index is 1.67. The van der Waals surface area contributed by atoms with Gasteiger partial charge in [0.05, 0.1) is 16.6 Å². The molecule has 1 aromatic carbocycles. The Hall–Kier alpha value is -2.08. The second kappa shape index (κ2) is 7.49. The summed E-state index contributed by atoms with van der Waals surface area (Å²) in [5.41, 5.74) is 0.0723. The quantitative estimate of drug-likeness (QED) is 0.338. The molecule has 0 aliphatic heterocycles. The molecule has 0 radical (unpaired) electrons. The monoisotopic (exact) mass is 290 g/mol. The van der Waals surface area contributed by atoms with E-state index in [1.165, 1.54) is 12.1 Å². The number of hydrogen-bond donors (Lipinski definition) is 0. The number of nitrogens with zero attached hydrogens (tertiary/aromatic N) is 2. The zero-order valence-corrected chi connectivity index (χ0v) is 11.6. The lowest BCUT2D eigenvalue weighted by atomic mass is 10.3. The van der Waals surface area contributed by atoms with Crippen LogP contribution in [0.5, 0.6) is 5.75 Å². The Kier molecular flexibility index (Phi) is 5.37. The van der Waals surface area contributed by atoms with E-state index < -0.39 is 4.92 Å². The van der Waals surface area contributed by atoms with Crippen molar-refractivity contribution >= 4 is 17.4 Å². The van der Waals surface area contributed by atoms with Gasteiger partial charge >= 0.3 is 0 Å². The molecule has 1 heterocycles. The highest BCUT2D eigenvalue weighted by molar-refractivity contribution is 7.99. The molecule has 0 N–H and O–H groups in total. The minimum absolute atomic E-state index is 0.0723. The number of nitro benzene ring substituents is 1. The molecule has 0 aliphatic rings. The highest BCUT2D eigenvalue weighted by Crippen LogP contribution is 2.18. The van der Waals surface area contributed by atoms with E-state index in [0.29, 0.717) is 12.4 Å². The number of ether oxygens (including phenoxy) is 1. The van der Waals surface area contributed by atoms with E-state index in [4.69, 9.17) is 4.74 Å². The highest BCUT2D eigenvalue weighted by atomic mass is 32.2. The van der Waals surface area contributed by atoms with E-state index >= 15 is 0 Å². The number of thioether (sulfide) groups is 1. The Morgan fingerprint density at radius 2 is 2.00 bits per heavy atom. The van der Waals surface area contributed by atoms with Crippen LogP contribution in [-0.2, 0) is 0 Å². The van der Waals surface area contributed by atoms with Gasteiger partial charge in [0, 0.05) is 24.1 Å². The van der Waals surface area contributed by atoms with Gasteiger partial charge in [-0.25, -0.2) is 4.98 Å². The standard InChI is InChI=1S/C14H14N2O3S/c17-16(18)12-5-7-13(8-6-12)19-10-3-11-20-14-4-1-2-9-15-14/h1-2,4-9H,3,10-11H2. The third-order valence-electron chi connectivity index (χ3n) is 2.49. The molecule has 6 heteroatoms. The van der Waals surface area contributed by atoms with Crippen LogP contribution in [-0.4, -0.2) is 22.3 Å². The first-order valence-corrected chi connectivity index (χ1v) is 7.15. The summed E-state index contributed by atoms with van der Waals surface area (Å²) < 4.78 is 5.52. The maximum atomic E-state index is 10.5. The van der Waals surface area contributed by atoms with E-state index in [9.17, 15) is 10.1 Å². The Morgan fingerprint density at radius 1 is 1.20 bits per heavy atom. The van der Waals surface area contributed by atoms with Gasteiger partial charge in [-0.2, -0.15) is 0 Å². The highest BCUT2D eigenvalue weighted by Gasteiger charge is 2.04. The maximum Gasteiger partial charge on any atom is 0.269 e. The van der Waals surface area contributed by atoms with E-state index in [2.05, 4.69) is 4.98 Å². The molecule has 1 aromatic heterocycles. The Labute approximate surface area is 121 Å². The van der Waals surface area contributed by atoms with Crippen molar-refractivity contribution in [2.24, 2.45) is 0 Å². The summed E-state index contributed by atoms with van der Waals surface area (Å²) in [6.45, 7) is 0.581. The van der Waals surface area contributed by atoms with Gasteiger partial charge in [-0.3, -0.25) is 10.1 Å². The van der Waals surface area contributed by atoms with Gasteiger partial charge in [0.2, 0.25) is 0 Å². The van der Waals surface area contributed by atoms with E-state index in [1.54, 1.807) is 30.1 Å². The van der Waals surface area contributed by atoms with Crippen molar-refractivity contribution in [2.45, 2.75) is 11.4 Å². The molecule has 0 saturated carbocycles. The van der Waals surface area contributed by atoms with Crippen LogP contribution in [0.3, 0.4) is 0 Å². The molecular formula is C14H14N2O3S. The third kappa shape index (κ3) is 4.55. The van der Waals surface area contributed by atoms with E-state index in [-0.39, 0.29) is 5.69 Å². The van der Waals surface area contributed by atoms with Gasteiger partial charge in [-0.1, -0.05) is 6.07 Å². The first-order valence-electron chi connectivity index (χ1n) is 6.17. The van der Waals surface area contributed by atoms with Crippen LogP contribution in [0.25, 0.3) is 0 Å². The van der Waals surface area contributed by atoms with Crippen molar-refractivity contribution in [3.8, 4) is 5.75 Å². The van der Waals surface area contributed by atoms with E-state index in [0.717, 1.165) is 17.2 Å². The molecule has 0 fully saturated rings. The molecule has 0 unspecified atom stereocenters. The lowest BCUT2D eigenvalue weighted by Crippen LogP contribution is -1.99. The number of non-ortho nitro benzene ring substituents is 1. The summed E-state index contributed by atoms with van der Waals surface area (Å²) in [5.74, 6) is 1.57. The zero-order chi connectivity index (χ0) is 14.2. The summed E-state index contributed by atoms with van der Waals surface area (Å²) >= 11 is 1.68. The zero-order valence-electron chi connectivity index (χ0n) is 10.8. The Bertz CT molecular complexity index is 546. The second-order valence-electron chi connectivity index (χ2n) is 3.97. The fourth-order valence-electron chi connectivity index (χ4n) is 1.52. The number of nitro groups is 1. The summed E-state index contributed by atoms with van der Waals surface area (Å²) in [6, 6.07) is 11.9. The first kappa shape index (κ1) is 14.3. The molecule has 0 aliphatic carbocycles. The predicted molar refractivity (Wildman–Crippen MR) is 78.2 cm³/mol. The van der Waals surface area contributed by atoms with Crippen molar-refractivity contribution in [3.63, 3.8) is 0 Å². The maximum absolute atomic E-state index is 10.5. The lowest BCUT2D eigenvalue weighted by molar-refractivity contribution is -0.384. The van der Waals surface area contributed by atoms with Crippen LogP contribution in [0.15, 0.2) is 53.7 Å². The topological polar surface area (TPSA) is 65.3 Å². The van der Waals surface area contributed by atoms with Crippen molar-refractivity contribution in [3.05, 3.63) is 58.8 Å². The smallest absolute Gasteiger partial charge is 0.269 e. The normalized spacial score (nSPS) is 10.2. The van der Waals surface area contributed by atoms with Crippen molar-refractivity contribution in [1.82, 2.24) is 4.98 Å². The van der Waals surface area contributed by atoms with Crippen LogP contribution in [0.4, 0.5) is 5.69 Å². The van der Waals surface area contributed by atoms with Crippen LogP contribution in [0, 0.1) is 10.1 Å².